The van der Waals surface area contributed by atoms with Gasteiger partial charge >= 0.3 is 5.97 Å². The van der Waals surface area contributed by atoms with Gasteiger partial charge in [0.05, 0.1) is 28.8 Å². The molecule has 4 rings (SSSR count). The van der Waals surface area contributed by atoms with Crippen molar-refractivity contribution in [3.8, 4) is 0 Å². The Morgan fingerprint density at radius 2 is 1.95 bits per heavy atom. The fourth-order valence-electron chi connectivity index (χ4n) is 4.11. The number of fused-ring (bicyclic) bond motifs is 1. The summed E-state index contributed by atoms with van der Waals surface area (Å²) in [6.45, 7) is 6.35. The first-order valence-corrected chi connectivity index (χ1v) is 14.9. The van der Waals surface area contributed by atoms with Crippen LogP contribution in [0.3, 0.4) is 0 Å². The van der Waals surface area contributed by atoms with Crippen LogP contribution in [0.4, 0.5) is 10.7 Å². The van der Waals surface area contributed by atoms with Gasteiger partial charge in [0.25, 0.3) is 5.91 Å². The van der Waals surface area contributed by atoms with E-state index in [0.29, 0.717) is 47.1 Å². The van der Waals surface area contributed by atoms with Gasteiger partial charge in [0.15, 0.2) is 0 Å². The molecule has 1 unspecified atom stereocenters. The standard InChI is InChI=1S/C27H29N3O5S3/c1-4-20(37-18-9-6-8-17(14-18)28-25(33)21-10-7-13-36-21)24(32)29-26-23(27(34)35-5-2)19-11-12-30(16(3)31)15-22(19)38-26/h6-10,13-14,20H,4-5,11-12,15H2,1-3H3,(H,28,33)(H,29,32). The van der Waals surface area contributed by atoms with Gasteiger partial charge in [-0.15, -0.1) is 34.4 Å². The predicted octanol–water partition coefficient (Wildman–Crippen LogP) is 5.65. The van der Waals surface area contributed by atoms with Crippen LogP contribution < -0.4 is 10.6 Å². The van der Waals surface area contributed by atoms with Gasteiger partial charge in [-0.05, 0) is 55.0 Å². The lowest BCUT2D eigenvalue weighted by Gasteiger charge is -2.25. The third kappa shape index (κ3) is 6.46. The van der Waals surface area contributed by atoms with E-state index in [-0.39, 0.29) is 24.3 Å². The van der Waals surface area contributed by atoms with Crippen LogP contribution in [0.15, 0.2) is 46.7 Å². The first kappa shape index (κ1) is 27.9. The van der Waals surface area contributed by atoms with E-state index in [1.807, 2.05) is 42.6 Å². The summed E-state index contributed by atoms with van der Waals surface area (Å²) in [7, 11) is 0. The lowest BCUT2D eigenvalue weighted by atomic mass is 10.0. The van der Waals surface area contributed by atoms with Crippen LogP contribution in [0.25, 0.3) is 0 Å². The number of amides is 3. The summed E-state index contributed by atoms with van der Waals surface area (Å²) in [5.74, 6) is -0.892. The van der Waals surface area contributed by atoms with E-state index >= 15 is 0 Å². The average Bonchev–Trinajstić information content (AvgIpc) is 3.55. The molecular weight excluding hydrogens is 543 g/mol. The summed E-state index contributed by atoms with van der Waals surface area (Å²) in [5.41, 5.74) is 1.88. The minimum absolute atomic E-state index is 0.0245. The van der Waals surface area contributed by atoms with Crippen LogP contribution >= 0.6 is 34.4 Å². The SMILES string of the molecule is CCOC(=O)c1c(NC(=O)C(CC)Sc2cccc(NC(=O)c3cccs3)c2)sc2c1CCN(C(C)=O)C2. The Kier molecular flexibility index (Phi) is 9.24. The van der Waals surface area contributed by atoms with Crippen molar-refractivity contribution in [1.29, 1.82) is 0 Å². The second-order valence-electron chi connectivity index (χ2n) is 8.58. The molecule has 2 N–H and O–H groups in total. The highest BCUT2D eigenvalue weighted by molar-refractivity contribution is 8.00. The molecule has 1 aromatic carbocycles. The number of nitrogens with zero attached hydrogens (tertiary/aromatic N) is 1. The fraction of sp³-hybridized carbons (Fsp3) is 0.333. The number of thiophene rings is 2. The molecule has 11 heteroatoms. The van der Waals surface area contributed by atoms with Crippen molar-refractivity contribution in [3.05, 3.63) is 62.7 Å². The van der Waals surface area contributed by atoms with E-state index < -0.39 is 11.2 Å². The maximum absolute atomic E-state index is 13.4. The molecule has 0 saturated heterocycles. The molecule has 0 fully saturated rings. The first-order chi connectivity index (χ1) is 18.3. The Morgan fingerprint density at radius 3 is 2.63 bits per heavy atom. The predicted molar refractivity (Wildman–Crippen MR) is 152 cm³/mol. The fourth-order valence-corrected chi connectivity index (χ4v) is 6.99. The second kappa shape index (κ2) is 12.6. The molecule has 0 radical (unpaired) electrons. The van der Waals surface area contributed by atoms with E-state index in [1.165, 1.54) is 41.4 Å². The maximum Gasteiger partial charge on any atom is 0.341 e. The van der Waals surface area contributed by atoms with E-state index in [0.717, 1.165) is 15.3 Å². The summed E-state index contributed by atoms with van der Waals surface area (Å²) in [6.07, 6.45) is 1.09. The molecule has 38 heavy (non-hydrogen) atoms. The van der Waals surface area contributed by atoms with Crippen LogP contribution in [0.1, 0.15) is 57.7 Å². The van der Waals surface area contributed by atoms with Crippen molar-refractivity contribution < 1.29 is 23.9 Å². The third-order valence-corrected chi connectivity index (χ3v) is 9.36. The van der Waals surface area contributed by atoms with Crippen molar-refractivity contribution in [1.82, 2.24) is 4.90 Å². The van der Waals surface area contributed by atoms with Gasteiger partial charge in [-0.2, -0.15) is 0 Å². The van der Waals surface area contributed by atoms with Gasteiger partial charge in [0, 0.05) is 28.9 Å². The van der Waals surface area contributed by atoms with E-state index in [1.54, 1.807) is 17.9 Å². The zero-order valence-electron chi connectivity index (χ0n) is 21.4. The quantitative estimate of drug-likeness (QED) is 0.254. The van der Waals surface area contributed by atoms with Crippen molar-refractivity contribution in [3.63, 3.8) is 0 Å². The number of ether oxygens (including phenoxy) is 1. The minimum atomic E-state index is -0.466. The molecule has 3 aromatic rings. The number of hydrogen-bond donors (Lipinski definition) is 2. The first-order valence-electron chi connectivity index (χ1n) is 12.3. The number of thioether (sulfide) groups is 1. The number of carbonyl (C=O) groups is 4. The summed E-state index contributed by atoms with van der Waals surface area (Å²) < 4.78 is 5.30. The summed E-state index contributed by atoms with van der Waals surface area (Å²) in [4.78, 5) is 54.6. The number of nitrogens with one attached hydrogen (secondary N) is 2. The van der Waals surface area contributed by atoms with Gasteiger partial charge in [-0.1, -0.05) is 19.1 Å². The largest absolute Gasteiger partial charge is 0.462 e. The van der Waals surface area contributed by atoms with Gasteiger partial charge in [0.2, 0.25) is 11.8 Å². The maximum atomic E-state index is 13.4. The molecule has 1 atom stereocenters. The number of esters is 1. The Balaban J connectivity index is 1.50. The highest BCUT2D eigenvalue weighted by atomic mass is 32.2. The van der Waals surface area contributed by atoms with Crippen LogP contribution in [0, 0.1) is 0 Å². The van der Waals surface area contributed by atoms with E-state index in [9.17, 15) is 19.2 Å². The smallest absolute Gasteiger partial charge is 0.341 e. The zero-order chi connectivity index (χ0) is 27.2. The Labute approximate surface area is 233 Å². The minimum Gasteiger partial charge on any atom is -0.462 e. The Bertz CT molecular complexity index is 1340. The third-order valence-electron chi connectivity index (χ3n) is 6.00. The highest BCUT2D eigenvalue weighted by Gasteiger charge is 2.31. The van der Waals surface area contributed by atoms with Crippen molar-refractivity contribution in [2.75, 3.05) is 23.8 Å². The van der Waals surface area contributed by atoms with Crippen LogP contribution in [-0.4, -0.2) is 47.0 Å². The lowest BCUT2D eigenvalue weighted by molar-refractivity contribution is -0.129. The monoisotopic (exact) mass is 571 g/mol. The summed E-state index contributed by atoms with van der Waals surface area (Å²) in [6, 6.07) is 11.0. The summed E-state index contributed by atoms with van der Waals surface area (Å²) in [5, 5.41) is 7.75. The number of hydrogen-bond acceptors (Lipinski definition) is 8. The molecule has 2 aromatic heterocycles. The Morgan fingerprint density at radius 1 is 1.13 bits per heavy atom. The number of carbonyl (C=O) groups excluding carboxylic acids is 4. The molecule has 1 aliphatic heterocycles. The van der Waals surface area contributed by atoms with Crippen molar-refractivity contribution >= 4 is 68.8 Å². The van der Waals surface area contributed by atoms with Gasteiger partial charge in [0.1, 0.15) is 5.00 Å². The molecule has 0 saturated carbocycles. The zero-order valence-corrected chi connectivity index (χ0v) is 23.8. The molecular formula is C27H29N3O5S3. The molecule has 200 valence electrons. The van der Waals surface area contributed by atoms with Gasteiger partial charge in [-0.3, -0.25) is 14.4 Å². The molecule has 3 amide bonds. The Hall–Kier alpha value is -3.15. The average molecular weight is 572 g/mol. The molecule has 0 aliphatic carbocycles. The second-order valence-corrected chi connectivity index (χ2v) is 11.9. The van der Waals surface area contributed by atoms with E-state index in [2.05, 4.69) is 10.6 Å². The molecule has 3 heterocycles. The number of rotatable bonds is 9. The van der Waals surface area contributed by atoms with Crippen molar-refractivity contribution in [2.45, 2.75) is 50.3 Å². The molecule has 8 nitrogen and oxygen atoms in total. The van der Waals surface area contributed by atoms with Crippen LogP contribution in [0.2, 0.25) is 0 Å². The van der Waals surface area contributed by atoms with Gasteiger partial charge < -0.3 is 20.3 Å². The molecule has 1 aliphatic rings. The van der Waals surface area contributed by atoms with Crippen LogP contribution in [-0.2, 0) is 27.3 Å². The summed E-state index contributed by atoms with van der Waals surface area (Å²) >= 11 is 4.09. The molecule has 0 bridgehead atoms. The highest BCUT2D eigenvalue weighted by Crippen LogP contribution is 2.38. The lowest BCUT2D eigenvalue weighted by Crippen LogP contribution is -2.34. The van der Waals surface area contributed by atoms with Crippen molar-refractivity contribution in [2.24, 2.45) is 0 Å². The van der Waals surface area contributed by atoms with E-state index in [4.69, 9.17) is 4.74 Å². The number of anilines is 2. The number of benzene rings is 1. The van der Waals surface area contributed by atoms with Gasteiger partial charge in [-0.25, -0.2) is 4.79 Å². The van der Waals surface area contributed by atoms with Crippen LogP contribution in [0.5, 0.6) is 0 Å². The topological polar surface area (TPSA) is 105 Å². The molecule has 0 spiro atoms. The normalized spacial score (nSPS) is 13.4.